The van der Waals surface area contributed by atoms with Crippen LogP contribution in [0, 0.1) is 0 Å². The van der Waals surface area contributed by atoms with E-state index in [2.05, 4.69) is 193 Å². The van der Waals surface area contributed by atoms with Gasteiger partial charge in [-0.25, -0.2) is 0 Å². The average Bonchev–Trinajstić information content (AvgIpc) is 4.09. The molecular weight excluding hydrogens is 745 g/mol. The van der Waals surface area contributed by atoms with Crippen LogP contribution in [0.1, 0.15) is 25.0 Å². The third-order valence-corrected chi connectivity index (χ3v) is 13.7. The Balaban J connectivity index is 0.957. The van der Waals surface area contributed by atoms with Gasteiger partial charge in [0.05, 0.1) is 22.1 Å². The number of hydrogen-bond donors (Lipinski definition) is 0. The van der Waals surface area contributed by atoms with Crippen LogP contribution in [0.5, 0.6) is 0 Å². The smallest absolute Gasteiger partial charge is 0.143 e. The van der Waals surface area contributed by atoms with Gasteiger partial charge in [0.25, 0.3) is 0 Å². The van der Waals surface area contributed by atoms with Gasteiger partial charge in [-0.15, -0.1) is 0 Å². The van der Waals surface area contributed by atoms with Gasteiger partial charge in [0.15, 0.2) is 0 Å². The van der Waals surface area contributed by atoms with Crippen LogP contribution in [0.25, 0.3) is 121 Å². The Morgan fingerprint density at radius 3 is 1.54 bits per heavy atom. The number of para-hydroxylation sites is 4. The summed E-state index contributed by atoms with van der Waals surface area (Å²) in [6.07, 6.45) is 0. The van der Waals surface area contributed by atoms with Crippen LogP contribution >= 0.6 is 0 Å². The Labute approximate surface area is 350 Å². The second-order valence-corrected chi connectivity index (χ2v) is 17.3. The van der Waals surface area contributed by atoms with Crippen molar-refractivity contribution in [3.63, 3.8) is 0 Å². The molecule has 4 heterocycles. The molecule has 286 valence electrons. The van der Waals surface area contributed by atoms with Crippen molar-refractivity contribution in [1.82, 2.24) is 9.13 Å². The summed E-state index contributed by atoms with van der Waals surface area (Å²) in [7, 11) is 0. The van der Waals surface area contributed by atoms with Gasteiger partial charge >= 0.3 is 0 Å². The first kappa shape index (κ1) is 33.1. The van der Waals surface area contributed by atoms with Crippen molar-refractivity contribution in [2.45, 2.75) is 19.3 Å². The van der Waals surface area contributed by atoms with Gasteiger partial charge in [0.1, 0.15) is 22.3 Å². The summed E-state index contributed by atoms with van der Waals surface area (Å²) in [5, 5.41) is 9.53. The molecule has 1 aliphatic rings. The van der Waals surface area contributed by atoms with E-state index in [4.69, 9.17) is 8.83 Å². The molecule has 0 aliphatic heterocycles. The Bertz CT molecular complexity index is 4040. The lowest BCUT2D eigenvalue weighted by Crippen LogP contribution is -2.15. The van der Waals surface area contributed by atoms with Crippen molar-refractivity contribution in [3.8, 4) is 33.6 Å². The molecule has 13 aromatic rings. The second-order valence-electron chi connectivity index (χ2n) is 17.3. The van der Waals surface area contributed by atoms with E-state index < -0.39 is 0 Å². The zero-order valence-corrected chi connectivity index (χ0v) is 33.5. The Morgan fingerprint density at radius 2 is 0.869 bits per heavy atom. The Morgan fingerprint density at radius 1 is 0.361 bits per heavy atom. The lowest BCUT2D eigenvalue weighted by Gasteiger charge is -2.22. The summed E-state index contributed by atoms with van der Waals surface area (Å²) < 4.78 is 17.7. The fourth-order valence-corrected chi connectivity index (χ4v) is 10.8. The lowest BCUT2D eigenvalue weighted by molar-refractivity contribution is 0.653. The van der Waals surface area contributed by atoms with Crippen molar-refractivity contribution in [2.24, 2.45) is 0 Å². The highest BCUT2D eigenvalue weighted by Gasteiger charge is 2.38. The van der Waals surface area contributed by atoms with Gasteiger partial charge in [-0.1, -0.05) is 129 Å². The molecular formula is C57H36N2O2. The highest BCUT2D eigenvalue weighted by atomic mass is 16.3. The van der Waals surface area contributed by atoms with Gasteiger partial charge in [-0.05, 0) is 94.5 Å². The largest absolute Gasteiger partial charge is 0.456 e. The summed E-state index contributed by atoms with van der Waals surface area (Å²) in [5.41, 5.74) is 17.9. The highest BCUT2D eigenvalue weighted by Crippen LogP contribution is 2.53. The van der Waals surface area contributed by atoms with E-state index in [0.717, 1.165) is 49.9 Å². The molecule has 0 spiro atoms. The summed E-state index contributed by atoms with van der Waals surface area (Å²) >= 11 is 0. The standard InChI is InChI=1S/C57H36N2O2/c1-57(2)46-27-26-43-41-13-5-10-18-53(41)61-56(43)55(46)44-25-21-36(32-47(44)57)59-49-16-8-4-12-38(49)40-24-20-34(30-51(40)59)33-19-23-39-37-11-3-7-15-48(37)58(50(39)29-33)35-22-28-54-45(31-35)42-14-6-9-17-52(42)60-54/h3-32H,1-2H3. The molecule has 1 aliphatic carbocycles. The zero-order chi connectivity index (χ0) is 40.1. The third-order valence-electron chi connectivity index (χ3n) is 13.7. The van der Waals surface area contributed by atoms with Gasteiger partial charge in [0.2, 0.25) is 0 Å². The van der Waals surface area contributed by atoms with E-state index in [1.165, 1.54) is 82.4 Å². The Hall–Kier alpha value is -7.82. The number of fused-ring (bicyclic) bond motifs is 16. The summed E-state index contributed by atoms with van der Waals surface area (Å²) in [5.74, 6) is 0. The van der Waals surface area contributed by atoms with Crippen LogP contribution in [-0.2, 0) is 5.41 Å². The van der Waals surface area contributed by atoms with E-state index in [9.17, 15) is 0 Å². The van der Waals surface area contributed by atoms with E-state index in [1.807, 2.05) is 12.1 Å². The fraction of sp³-hybridized carbons (Fsp3) is 0.0526. The maximum atomic E-state index is 6.61. The lowest BCUT2D eigenvalue weighted by atomic mass is 9.82. The molecule has 0 atom stereocenters. The average molecular weight is 781 g/mol. The summed E-state index contributed by atoms with van der Waals surface area (Å²) in [4.78, 5) is 0. The minimum Gasteiger partial charge on any atom is -0.456 e. The molecule has 61 heavy (non-hydrogen) atoms. The summed E-state index contributed by atoms with van der Waals surface area (Å²) in [6.45, 7) is 4.70. The maximum absolute atomic E-state index is 6.61. The van der Waals surface area contributed by atoms with Crippen LogP contribution in [0.15, 0.2) is 191 Å². The van der Waals surface area contributed by atoms with Crippen molar-refractivity contribution >= 4 is 87.5 Å². The van der Waals surface area contributed by atoms with Crippen molar-refractivity contribution in [1.29, 1.82) is 0 Å². The summed E-state index contributed by atoms with van der Waals surface area (Å²) in [6, 6.07) is 66.4. The van der Waals surface area contributed by atoms with Gasteiger partial charge in [-0.2, -0.15) is 0 Å². The number of hydrogen-bond acceptors (Lipinski definition) is 2. The number of nitrogens with zero attached hydrogens (tertiary/aromatic N) is 2. The molecule has 0 bridgehead atoms. The molecule has 0 N–H and O–H groups in total. The molecule has 0 radical (unpaired) electrons. The minimum atomic E-state index is -0.207. The number of furan rings is 2. The van der Waals surface area contributed by atoms with Crippen molar-refractivity contribution < 1.29 is 8.83 Å². The minimum absolute atomic E-state index is 0.207. The van der Waals surface area contributed by atoms with Crippen LogP contribution < -0.4 is 0 Å². The first-order valence-electron chi connectivity index (χ1n) is 21.1. The van der Waals surface area contributed by atoms with Crippen LogP contribution in [0.3, 0.4) is 0 Å². The number of aromatic nitrogens is 2. The zero-order valence-electron chi connectivity index (χ0n) is 33.5. The first-order chi connectivity index (χ1) is 30.0. The highest BCUT2D eigenvalue weighted by molar-refractivity contribution is 6.14. The Kier molecular flexibility index (Phi) is 6.33. The molecule has 0 amide bonds. The molecule has 4 heteroatoms. The molecule has 0 saturated heterocycles. The van der Waals surface area contributed by atoms with Crippen LogP contribution in [0.4, 0.5) is 0 Å². The predicted molar refractivity (Wildman–Crippen MR) is 253 cm³/mol. The van der Waals surface area contributed by atoms with E-state index in [1.54, 1.807) is 0 Å². The molecule has 4 aromatic heterocycles. The first-order valence-corrected chi connectivity index (χ1v) is 21.1. The molecule has 9 aromatic carbocycles. The van der Waals surface area contributed by atoms with Crippen LogP contribution in [0.2, 0.25) is 0 Å². The molecule has 0 unspecified atom stereocenters. The third kappa shape index (κ3) is 4.38. The molecule has 0 fully saturated rings. The van der Waals surface area contributed by atoms with E-state index in [0.29, 0.717) is 0 Å². The van der Waals surface area contributed by atoms with Crippen molar-refractivity contribution in [2.75, 3.05) is 0 Å². The number of benzene rings is 9. The SMILES string of the molecule is CC1(C)c2cc(-n3c4ccccc4c4ccc(-c5ccc6c7ccccc7n(-c7ccc8oc9ccccc9c8c7)c6c5)cc43)ccc2-c2c1ccc1c2oc2ccccc21. The molecule has 4 nitrogen and oxygen atoms in total. The van der Waals surface area contributed by atoms with Crippen molar-refractivity contribution in [3.05, 3.63) is 193 Å². The molecule has 0 saturated carbocycles. The normalized spacial score (nSPS) is 13.5. The topological polar surface area (TPSA) is 36.1 Å². The quantitative estimate of drug-likeness (QED) is 0.179. The van der Waals surface area contributed by atoms with Gasteiger partial charge in [-0.3, -0.25) is 0 Å². The van der Waals surface area contributed by atoms with E-state index in [-0.39, 0.29) is 5.41 Å². The maximum Gasteiger partial charge on any atom is 0.143 e. The molecule has 14 rings (SSSR count). The van der Waals surface area contributed by atoms with Crippen LogP contribution in [-0.4, -0.2) is 9.13 Å². The monoisotopic (exact) mass is 780 g/mol. The predicted octanol–water partition coefficient (Wildman–Crippen LogP) is 15.7. The second kappa shape index (κ2) is 11.7. The number of rotatable bonds is 3. The van der Waals surface area contributed by atoms with E-state index >= 15 is 0 Å². The van der Waals surface area contributed by atoms with Gasteiger partial charge < -0.3 is 18.0 Å². The van der Waals surface area contributed by atoms with Gasteiger partial charge in [0, 0.05) is 65.4 Å². The fourth-order valence-electron chi connectivity index (χ4n) is 10.8.